The SMILES string of the molecule is Cc1ccc(NC(=O)N(CC(=O)N2c3ccccc3-n3cccc3C2c2ccc(F)cc2)C(C)C)c(C)c1. The van der Waals surface area contributed by atoms with Crippen molar-refractivity contribution in [2.75, 3.05) is 16.8 Å². The number of rotatable bonds is 5. The van der Waals surface area contributed by atoms with Crippen LogP contribution in [0.25, 0.3) is 5.69 Å². The maximum Gasteiger partial charge on any atom is 0.322 e. The van der Waals surface area contributed by atoms with Crippen molar-refractivity contribution in [2.24, 2.45) is 0 Å². The third kappa shape index (κ3) is 4.67. The molecular formula is C31H31FN4O2. The van der Waals surface area contributed by atoms with Crippen LogP contribution in [0.1, 0.15) is 42.3 Å². The van der Waals surface area contributed by atoms with E-state index in [9.17, 15) is 14.0 Å². The summed E-state index contributed by atoms with van der Waals surface area (Å²) >= 11 is 0. The molecule has 7 heteroatoms. The molecule has 1 aliphatic heterocycles. The highest BCUT2D eigenvalue weighted by molar-refractivity contribution is 6.01. The Hall–Kier alpha value is -4.39. The molecule has 0 saturated carbocycles. The Morgan fingerprint density at radius 3 is 2.34 bits per heavy atom. The summed E-state index contributed by atoms with van der Waals surface area (Å²) in [5.41, 5.74) is 6.05. The lowest BCUT2D eigenvalue weighted by molar-refractivity contribution is -0.119. The van der Waals surface area contributed by atoms with E-state index in [1.54, 1.807) is 21.9 Å². The Bertz CT molecular complexity index is 1490. The first kappa shape index (κ1) is 25.3. The summed E-state index contributed by atoms with van der Waals surface area (Å²) < 4.78 is 15.9. The van der Waals surface area contributed by atoms with Crippen LogP contribution in [0.4, 0.5) is 20.6 Å². The Kier molecular flexibility index (Phi) is 6.76. The van der Waals surface area contributed by atoms with E-state index in [1.165, 1.54) is 12.1 Å². The largest absolute Gasteiger partial charge is 0.322 e. The fourth-order valence-electron chi connectivity index (χ4n) is 5.07. The lowest BCUT2D eigenvalue weighted by atomic mass is 9.97. The molecule has 1 unspecified atom stereocenters. The maximum absolute atomic E-state index is 14.1. The fourth-order valence-corrected chi connectivity index (χ4v) is 5.07. The average molecular weight is 511 g/mol. The number of para-hydroxylation sites is 2. The van der Waals surface area contributed by atoms with Crippen LogP contribution >= 0.6 is 0 Å². The van der Waals surface area contributed by atoms with E-state index in [4.69, 9.17) is 0 Å². The van der Waals surface area contributed by atoms with Gasteiger partial charge >= 0.3 is 6.03 Å². The van der Waals surface area contributed by atoms with Crippen LogP contribution in [0.3, 0.4) is 0 Å². The molecule has 1 N–H and O–H groups in total. The van der Waals surface area contributed by atoms with Gasteiger partial charge in [-0.05, 0) is 81.3 Å². The number of amides is 3. The second-order valence-corrected chi connectivity index (χ2v) is 9.98. The van der Waals surface area contributed by atoms with E-state index in [2.05, 4.69) is 9.88 Å². The second-order valence-electron chi connectivity index (χ2n) is 9.98. The van der Waals surface area contributed by atoms with Crippen LogP contribution in [0, 0.1) is 19.7 Å². The van der Waals surface area contributed by atoms with Gasteiger partial charge in [-0.2, -0.15) is 0 Å². The Labute approximate surface area is 222 Å². The predicted octanol–water partition coefficient (Wildman–Crippen LogP) is 6.61. The van der Waals surface area contributed by atoms with E-state index in [1.807, 2.05) is 88.5 Å². The number of hydrogen-bond acceptors (Lipinski definition) is 2. The number of carbonyl (C=O) groups is 2. The molecule has 0 aliphatic carbocycles. The molecule has 1 aromatic heterocycles. The van der Waals surface area contributed by atoms with Gasteiger partial charge in [0.1, 0.15) is 18.4 Å². The molecule has 38 heavy (non-hydrogen) atoms. The summed E-state index contributed by atoms with van der Waals surface area (Å²) in [5.74, 6) is -0.573. The van der Waals surface area contributed by atoms with E-state index in [0.29, 0.717) is 5.69 Å². The zero-order chi connectivity index (χ0) is 27.0. The Balaban J connectivity index is 1.51. The second kappa shape index (κ2) is 10.2. The van der Waals surface area contributed by atoms with Crippen LogP contribution in [-0.2, 0) is 4.79 Å². The number of halogens is 1. The highest BCUT2D eigenvalue weighted by atomic mass is 19.1. The smallest absolute Gasteiger partial charge is 0.316 e. The minimum atomic E-state index is -0.482. The van der Waals surface area contributed by atoms with Crippen molar-refractivity contribution in [2.45, 2.75) is 39.8 Å². The summed E-state index contributed by atoms with van der Waals surface area (Å²) in [6.07, 6.45) is 1.96. The summed E-state index contributed by atoms with van der Waals surface area (Å²) in [4.78, 5) is 30.8. The normalized spacial score (nSPS) is 14.2. The Morgan fingerprint density at radius 2 is 1.66 bits per heavy atom. The summed E-state index contributed by atoms with van der Waals surface area (Å²) in [5, 5.41) is 2.98. The minimum Gasteiger partial charge on any atom is -0.316 e. The summed E-state index contributed by atoms with van der Waals surface area (Å²) in [6.45, 7) is 7.60. The van der Waals surface area contributed by atoms with E-state index < -0.39 is 6.04 Å². The quantitative estimate of drug-likeness (QED) is 0.328. The summed E-state index contributed by atoms with van der Waals surface area (Å²) in [6, 6.07) is 22.6. The van der Waals surface area contributed by atoms with Gasteiger partial charge in [-0.1, -0.05) is 42.0 Å². The van der Waals surface area contributed by atoms with Gasteiger partial charge in [-0.3, -0.25) is 9.69 Å². The molecule has 0 radical (unpaired) electrons. The number of nitrogens with zero attached hydrogens (tertiary/aromatic N) is 3. The molecule has 0 bridgehead atoms. The van der Waals surface area contributed by atoms with Crippen LogP contribution in [-0.4, -0.2) is 34.0 Å². The third-order valence-corrected chi connectivity index (χ3v) is 6.99. The van der Waals surface area contributed by atoms with Gasteiger partial charge in [0.2, 0.25) is 5.91 Å². The van der Waals surface area contributed by atoms with Gasteiger partial charge in [0.05, 0.1) is 17.1 Å². The van der Waals surface area contributed by atoms with Crippen molar-refractivity contribution in [3.05, 3.63) is 113 Å². The molecule has 4 aromatic rings. The molecule has 0 saturated heterocycles. The third-order valence-electron chi connectivity index (χ3n) is 6.99. The highest BCUT2D eigenvalue weighted by Crippen LogP contribution is 2.42. The standard InChI is InChI=1S/C31H31FN4O2/c1-20(2)35(31(38)33-25-16-11-21(3)18-22(25)4)19-29(37)36-27-9-6-5-8-26(27)34-17-7-10-28(34)30(36)23-12-14-24(32)15-13-23/h5-18,20,30H,19H2,1-4H3,(H,33,38). The van der Waals surface area contributed by atoms with Crippen LogP contribution in [0.2, 0.25) is 0 Å². The van der Waals surface area contributed by atoms with Crippen LogP contribution in [0.5, 0.6) is 0 Å². The molecule has 1 aliphatic rings. The molecule has 5 rings (SSSR count). The van der Waals surface area contributed by atoms with Gasteiger partial charge < -0.3 is 14.8 Å². The zero-order valence-corrected chi connectivity index (χ0v) is 22.0. The number of benzene rings is 3. The lowest BCUT2D eigenvalue weighted by Crippen LogP contribution is -2.49. The van der Waals surface area contributed by atoms with Crippen molar-refractivity contribution in [3.63, 3.8) is 0 Å². The van der Waals surface area contributed by atoms with Crippen molar-refractivity contribution in [1.29, 1.82) is 0 Å². The van der Waals surface area contributed by atoms with E-state index >= 15 is 0 Å². The number of urea groups is 1. The number of aromatic nitrogens is 1. The van der Waals surface area contributed by atoms with Gasteiger partial charge in [0, 0.05) is 17.9 Å². The topological polar surface area (TPSA) is 57.6 Å². The van der Waals surface area contributed by atoms with Crippen LogP contribution < -0.4 is 10.2 Å². The van der Waals surface area contributed by atoms with Crippen molar-refractivity contribution in [1.82, 2.24) is 9.47 Å². The minimum absolute atomic E-state index is 0.124. The van der Waals surface area contributed by atoms with Crippen molar-refractivity contribution < 1.29 is 14.0 Å². The van der Waals surface area contributed by atoms with Crippen molar-refractivity contribution in [3.8, 4) is 5.69 Å². The van der Waals surface area contributed by atoms with Crippen molar-refractivity contribution >= 4 is 23.3 Å². The van der Waals surface area contributed by atoms with Gasteiger partial charge in [0.15, 0.2) is 0 Å². The molecule has 3 aromatic carbocycles. The number of nitrogens with one attached hydrogen (secondary N) is 1. The lowest BCUT2D eigenvalue weighted by Gasteiger charge is -2.40. The molecular weight excluding hydrogens is 479 g/mol. The number of carbonyl (C=O) groups excluding carboxylic acids is 2. The molecule has 3 amide bonds. The Morgan fingerprint density at radius 1 is 0.947 bits per heavy atom. The van der Waals surface area contributed by atoms with E-state index in [-0.39, 0.29) is 30.3 Å². The molecule has 6 nitrogen and oxygen atoms in total. The van der Waals surface area contributed by atoms with Gasteiger partial charge in [0.25, 0.3) is 0 Å². The number of hydrogen-bond donors (Lipinski definition) is 1. The monoisotopic (exact) mass is 510 g/mol. The van der Waals surface area contributed by atoms with Gasteiger partial charge in [-0.25, -0.2) is 9.18 Å². The first-order valence-electron chi connectivity index (χ1n) is 12.7. The molecule has 1 atom stereocenters. The van der Waals surface area contributed by atoms with E-state index in [0.717, 1.165) is 33.8 Å². The number of fused-ring (bicyclic) bond motifs is 3. The number of aryl methyl sites for hydroxylation is 2. The first-order valence-corrected chi connectivity index (χ1v) is 12.7. The molecule has 2 heterocycles. The fraction of sp³-hybridized carbons (Fsp3) is 0.226. The predicted molar refractivity (Wildman–Crippen MR) is 148 cm³/mol. The zero-order valence-electron chi connectivity index (χ0n) is 22.0. The maximum atomic E-state index is 14.1. The number of anilines is 2. The van der Waals surface area contributed by atoms with Gasteiger partial charge in [-0.15, -0.1) is 0 Å². The summed E-state index contributed by atoms with van der Waals surface area (Å²) in [7, 11) is 0. The van der Waals surface area contributed by atoms with Crippen LogP contribution in [0.15, 0.2) is 85.1 Å². The first-order chi connectivity index (χ1) is 18.2. The molecule has 0 fully saturated rings. The highest BCUT2D eigenvalue weighted by Gasteiger charge is 2.37. The molecule has 0 spiro atoms. The molecule has 194 valence electrons. The average Bonchev–Trinajstić information content (AvgIpc) is 3.38.